The molecule has 0 saturated carbocycles. The maximum Gasteiger partial charge on any atom is 0.0485 e. The summed E-state index contributed by atoms with van der Waals surface area (Å²) in [6.07, 6.45) is 4.84. The van der Waals surface area contributed by atoms with Crippen LogP contribution >= 0.6 is 11.6 Å². The molecule has 0 amide bonds. The number of rotatable bonds is 7. The van der Waals surface area contributed by atoms with Gasteiger partial charge in [-0.1, -0.05) is 78.9 Å². The SMILES string of the molecule is C=C(C)Cc1cccc(C(C)NC(=C)/C=C/c2ccccc2Cl)c1. The van der Waals surface area contributed by atoms with E-state index < -0.39 is 0 Å². The minimum atomic E-state index is 0.179. The van der Waals surface area contributed by atoms with Gasteiger partial charge in [0.05, 0.1) is 0 Å². The van der Waals surface area contributed by atoms with Crippen LogP contribution in [0.3, 0.4) is 0 Å². The maximum absolute atomic E-state index is 6.16. The van der Waals surface area contributed by atoms with Gasteiger partial charge in [-0.25, -0.2) is 0 Å². The summed E-state index contributed by atoms with van der Waals surface area (Å²) in [5, 5.41) is 4.16. The van der Waals surface area contributed by atoms with E-state index in [0.29, 0.717) is 0 Å². The third-order valence-electron chi connectivity index (χ3n) is 3.73. The van der Waals surface area contributed by atoms with Gasteiger partial charge < -0.3 is 5.32 Å². The van der Waals surface area contributed by atoms with E-state index in [1.165, 1.54) is 16.7 Å². The molecule has 0 aliphatic rings. The normalized spacial score (nSPS) is 12.1. The summed E-state index contributed by atoms with van der Waals surface area (Å²) in [5.41, 5.74) is 5.53. The molecule has 1 nitrogen and oxygen atoms in total. The number of hydrogen-bond donors (Lipinski definition) is 1. The Morgan fingerprint density at radius 2 is 1.92 bits per heavy atom. The van der Waals surface area contributed by atoms with Gasteiger partial charge in [-0.05, 0) is 49.1 Å². The first kappa shape index (κ1) is 18.1. The van der Waals surface area contributed by atoms with Crippen molar-refractivity contribution in [1.82, 2.24) is 5.32 Å². The van der Waals surface area contributed by atoms with E-state index in [9.17, 15) is 0 Å². The highest BCUT2D eigenvalue weighted by Gasteiger charge is 2.06. The van der Waals surface area contributed by atoms with Crippen LogP contribution in [-0.4, -0.2) is 0 Å². The fraction of sp³-hybridized carbons (Fsp3) is 0.182. The second-order valence-electron chi connectivity index (χ2n) is 6.13. The predicted octanol–water partition coefficient (Wildman–Crippen LogP) is 6.34. The van der Waals surface area contributed by atoms with Crippen molar-refractivity contribution >= 4 is 17.7 Å². The van der Waals surface area contributed by atoms with Crippen LogP contribution in [0.2, 0.25) is 5.02 Å². The van der Waals surface area contributed by atoms with E-state index in [1.807, 2.05) is 36.4 Å². The van der Waals surface area contributed by atoms with Crippen molar-refractivity contribution in [2.45, 2.75) is 26.3 Å². The molecule has 0 spiro atoms. The van der Waals surface area contributed by atoms with Crippen molar-refractivity contribution in [2.24, 2.45) is 0 Å². The van der Waals surface area contributed by atoms with Gasteiger partial charge in [0.1, 0.15) is 0 Å². The molecule has 0 heterocycles. The lowest BCUT2D eigenvalue weighted by Crippen LogP contribution is -2.16. The van der Waals surface area contributed by atoms with E-state index >= 15 is 0 Å². The average Bonchev–Trinajstić information content (AvgIpc) is 2.53. The molecule has 0 bridgehead atoms. The highest BCUT2D eigenvalue weighted by molar-refractivity contribution is 6.32. The predicted molar refractivity (Wildman–Crippen MR) is 106 cm³/mol. The molecular formula is C22H24ClN. The molecule has 0 aliphatic heterocycles. The van der Waals surface area contributed by atoms with Gasteiger partial charge in [0.15, 0.2) is 0 Å². The lowest BCUT2D eigenvalue weighted by Gasteiger charge is -2.17. The number of nitrogens with one attached hydrogen (secondary N) is 1. The summed E-state index contributed by atoms with van der Waals surface area (Å²) in [6, 6.07) is 16.5. The molecule has 1 unspecified atom stereocenters. The number of allylic oxidation sites excluding steroid dienone is 2. The summed E-state index contributed by atoms with van der Waals surface area (Å²) in [5.74, 6) is 0. The van der Waals surface area contributed by atoms with Crippen molar-refractivity contribution in [1.29, 1.82) is 0 Å². The monoisotopic (exact) mass is 337 g/mol. The minimum absolute atomic E-state index is 0.179. The van der Waals surface area contributed by atoms with E-state index in [2.05, 4.69) is 56.6 Å². The second kappa shape index (κ2) is 8.56. The molecule has 0 fully saturated rings. The van der Waals surface area contributed by atoms with E-state index in [1.54, 1.807) is 0 Å². The number of halogens is 1. The van der Waals surface area contributed by atoms with Crippen LogP contribution in [0.25, 0.3) is 6.08 Å². The standard InChI is InChI=1S/C22H24ClN/c1-16(2)14-19-8-7-10-21(15-19)18(4)24-17(3)12-13-20-9-5-6-11-22(20)23/h5-13,15,18,24H,1,3,14H2,2,4H3/b13-12+. The van der Waals surface area contributed by atoms with Gasteiger partial charge in [0.2, 0.25) is 0 Å². The first-order valence-electron chi connectivity index (χ1n) is 8.07. The Morgan fingerprint density at radius 1 is 1.17 bits per heavy atom. The van der Waals surface area contributed by atoms with Gasteiger partial charge in [0, 0.05) is 16.8 Å². The Labute approximate surface area is 150 Å². The number of benzene rings is 2. The smallest absolute Gasteiger partial charge is 0.0485 e. The van der Waals surface area contributed by atoms with Crippen LogP contribution in [0.15, 0.2) is 79.0 Å². The molecule has 2 rings (SSSR count). The third kappa shape index (κ3) is 5.43. The maximum atomic E-state index is 6.16. The highest BCUT2D eigenvalue weighted by atomic mass is 35.5. The highest BCUT2D eigenvalue weighted by Crippen LogP contribution is 2.19. The van der Waals surface area contributed by atoms with Crippen molar-refractivity contribution in [2.75, 3.05) is 0 Å². The van der Waals surface area contributed by atoms with Crippen molar-refractivity contribution in [3.8, 4) is 0 Å². The summed E-state index contributed by atoms with van der Waals surface area (Å²) >= 11 is 6.16. The summed E-state index contributed by atoms with van der Waals surface area (Å²) in [7, 11) is 0. The Morgan fingerprint density at radius 3 is 2.62 bits per heavy atom. The summed E-state index contributed by atoms with van der Waals surface area (Å²) < 4.78 is 0. The van der Waals surface area contributed by atoms with Crippen LogP contribution in [0, 0.1) is 0 Å². The van der Waals surface area contributed by atoms with Gasteiger partial charge in [-0.2, -0.15) is 0 Å². The molecule has 0 saturated heterocycles. The topological polar surface area (TPSA) is 12.0 Å². The molecule has 0 aliphatic carbocycles. The molecule has 2 aromatic rings. The van der Waals surface area contributed by atoms with Crippen molar-refractivity contribution < 1.29 is 0 Å². The van der Waals surface area contributed by atoms with Crippen LogP contribution in [-0.2, 0) is 6.42 Å². The Kier molecular flexibility index (Phi) is 6.45. The van der Waals surface area contributed by atoms with Crippen LogP contribution in [0.1, 0.15) is 36.6 Å². The van der Waals surface area contributed by atoms with Gasteiger partial charge in [-0.3, -0.25) is 0 Å². The van der Waals surface area contributed by atoms with Crippen LogP contribution in [0.5, 0.6) is 0 Å². The third-order valence-corrected chi connectivity index (χ3v) is 4.07. The van der Waals surface area contributed by atoms with Gasteiger partial charge in [-0.15, -0.1) is 0 Å². The molecule has 2 heteroatoms. The first-order valence-corrected chi connectivity index (χ1v) is 8.45. The molecule has 2 aromatic carbocycles. The summed E-state index contributed by atoms with van der Waals surface area (Å²) in [6.45, 7) is 12.2. The lowest BCUT2D eigenvalue weighted by atomic mass is 10.0. The fourth-order valence-corrected chi connectivity index (χ4v) is 2.73. The fourth-order valence-electron chi connectivity index (χ4n) is 2.53. The van der Waals surface area contributed by atoms with E-state index in [4.69, 9.17) is 11.6 Å². The van der Waals surface area contributed by atoms with Crippen LogP contribution < -0.4 is 5.32 Å². The van der Waals surface area contributed by atoms with Crippen molar-refractivity contribution in [3.63, 3.8) is 0 Å². The van der Waals surface area contributed by atoms with E-state index in [0.717, 1.165) is 22.7 Å². The summed E-state index contributed by atoms with van der Waals surface area (Å²) in [4.78, 5) is 0. The first-order chi connectivity index (χ1) is 11.5. The van der Waals surface area contributed by atoms with Gasteiger partial charge in [0.25, 0.3) is 0 Å². The molecule has 0 radical (unpaired) electrons. The van der Waals surface area contributed by atoms with Gasteiger partial charge >= 0.3 is 0 Å². The molecule has 0 aromatic heterocycles. The van der Waals surface area contributed by atoms with E-state index in [-0.39, 0.29) is 6.04 Å². The molecule has 24 heavy (non-hydrogen) atoms. The molecule has 124 valence electrons. The molecule has 1 atom stereocenters. The molecule has 1 N–H and O–H groups in total. The second-order valence-corrected chi connectivity index (χ2v) is 6.53. The van der Waals surface area contributed by atoms with Crippen molar-refractivity contribution in [3.05, 3.63) is 101 Å². The number of hydrogen-bond acceptors (Lipinski definition) is 1. The molecular weight excluding hydrogens is 314 g/mol. The largest absolute Gasteiger partial charge is 0.379 e. The Hall–Kier alpha value is -2.25. The zero-order chi connectivity index (χ0) is 17.5. The Bertz CT molecular complexity index is 758. The quantitative estimate of drug-likeness (QED) is 0.459. The Balaban J connectivity index is 2.01. The lowest BCUT2D eigenvalue weighted by molar-refractivity contribution is 0.666. The average molecular weight is 338 g/mol. The minimum Gasteiger partial charge on any atom is -0.379 e. The zero-order valence-corrected chi connectivity index (χ0v) is 15.1. The zero-order valence-electron chi connectivity index (χ0n) is 14.4. The van der Waals surface area contributed by atoms with Crippen LogP contribution in [0.4, 0.5) is 0 Å².